The van der Waals surface area contributed by atoms with Gasteiger partial charge in [0.15, 0.2) is 0 Å². The Labute approximate surface area is 147 Å². The third-order valence-corrected chi connectivity index (χ3v) is 4.64. The summed E-state index contributed by atoms with van der Waals surface area (Å²) in [5.41, 5.74) is 1.11. The summed E-state index contributed by atoms with van der Waals surface area (Å²) >= 11 is 0. The van der Waals surface area contributed by atoms with Crippen molar-refractivity contribution in [1.82, 2.24) is 10.3 Å². The number of nitrogens with one attached hydrogen (secondary N) is 2. The zero-order chi connectivity index (χ0) is 17.6. The van der Waals surface area contributed by atoms with Crippen LogP contribution in [0.2, 0.25) is 0 Å². The molecule has 0 spiro atoms. The lowest BCUT2D eigenvalue weighted by molar-refractivity contribution is 0.0935. The maximum Gasteiger partial charge on any atom is 0.252 e. The van der Waals surface area contributed by atoms with Crippen molar-refractivity contribution in [3.05, 3.63) is 64.1 Å². The minimum Gasteiger partial charge on any atom is -0.490 e. The van der Waals surface area contributed by atoms with Gasteiger partial charge in [0, 0.05) is 17.8 Å². The minimum absolute atomic E-state index is 0.104. The molecule has 5 nitrogen and oxygen atoms in total. The lowest BCUT2D eigenvalue weighted by Gasteiger charge is -2.19. The fraction of sp³-hybridized carbons (Fsp3) is 0.400. The molecule has 1 amide bonds. The van der Waals surface area contributed by atoms with Gasteiger partial charge in [-0.15, -0.1) is 0 Å². The van der Waals surface area contributed by atoms with E-state index in [-0.39, 0.29) is 17.5 Å². The molecule has 2 N–H and O–H groups in total. The van der Waals surface area contributed by atoms with E-state index in [2.05, 4.69) is 10.3 Å². The largest absolute Gasteiger partial charge is 0.490 e. The number of pyridine rings is 1. The molecule has 1 aliphatic carbocycles. The minimum atomic E-state index is -0.283. The van der Waals surface area contributed by atoms with Crippen molar-refractivity contribution in [3.63, 3.8) is 0 Å². The molecular weight excluding hydrogens is 316 g/mol. The van der Waals surface area contributed by atoms with Crippen molar-refractivity contribution in [1.29, 1.82) is 0 Å². The number of carbonyl (C=O) groups excluding carboxylic acids is 1. The van der Waals surface area contributed by atoms with Crippen LogP contribution in [0.25, 0.3) is 0 Å². The average molecular weight is 340 g/mol. The van der Waals surface area contributed by atoms with Crippen LogP contribution in [0.4, 0.5) is 0 Å². The number of carbonyl (C=O) groups is 1. The van der Waals surface area contributed by atoms with Crippen molar-refractivity contribution < 1.29 is 9.53 Å². The zero-order valence-corrected chi connectivity index (χ0v) is 14.5. The van der Waals surface area contributed by atoms with Gasteiger partial charge in [0.1, 0.15) is 5.75 Å². The monoisotopic (exact) mass is 340 g/mol. The first kappa shape index (κ1) is 17.3. The molecular formula is C20H24N2O3. The summed E-state index contributed by atoms with van der Waals surface area (Å²) in [5, 5.41) is 2.99. The number of benzene rings is 1. The van der Waals surface area contributed by atoms with Crippen LogP contribution < -0.4 is 15.6 Å². The van der Waals surface area contributed by atoms with Gasteiger partial charge >= 0.3 is 0 Å². The third kappa shape index (κ3) is 4.50. The van der Waals surface area contributed by atoms with Gasteiger partial charge < -0.3 is 15.0 Å². The highest BCUT2D eigenvalue weighted by molar-refractivity contribution is 5.94. The van der Waals surface area contributed by atoms with E-state index in [1.807, 2.05) is 31.2 Å². The second-order valence-corrected chi connectivity index (χ2v) is 6.47. The first-order valence-corrected chi connectivity index (χ1v) is 8.92. The molecule has 0 unspecified atom stereocenters. The number of amides is 1. The van der Waals surface area contributed by atoms with E-state index in [1.54, 1.807) is 6.07 Å². The molecule has 1 fully saturated rings. The molecule has 5 heteroatoms. The predicted molar refractivity (Wildman–Crippen MR) is 96.9 cm³/mol. The summed E-state index contributed by atoms with van der Waals surface area (Å²) in [6.45, 7) is 2.02. The average Bonchev–Trinajstić information content (AvgIpc) is 3.13. The highest BCUT2D eigenvalue weighted by Crippen LogP contribution is 2.26. The van der Waals surface area contributed by atoms with Crippen molar-refractivity contribution >= 4 is 5.91 Å². The Kier molecular flexibility index (Phi) is 5.53. The Morgan fingerprint density at radius 2 is 1.96 bits per heavy atom. The molecule has 3 rings (SSSR count). The highest BCUT2D eigenvalue weighted by Gasteiger charge is 2.17. The zero-order valence-electron chi connectivity index (χ0n) is 14.5. The second kappa shape index (κ2) is 8.01. The van der Waals surface area contributed by atoms with E-state index in [4.69, 9.17) is 4.74 Å². The Balaban J connectivity index is 1.65. The van der Waals surface area contributed by atoms with E-state index in [0.29, 0.717) is 11.7 Å². The van der Waals surface area contributed by atoms with Gasteiger partial charge in [0.2, 0.25) is 5.56 Å². The normalized spacial score (nSPS) is 15.7. The molecule has 1 aromatic carbocycles. The Morgan fingerprint density at radius 3 is 2.60 bits per heavy atom. The third-order valence-electron chi connectivity index (χ3n) is 4.64. The molecule has 132 valence electrons. The van der Waals surface area contributed by atoms with Gasteiger partial charge in [-0.1, -0.05) is 19.1 Å². The van der Waals surface area contributed by atoms with Crippen LogP contribution in [0, 0.1) is 0 Å². The van der Waals surface area contributed by atoms with Crippen molar-refractivity contribution in [2.24, 2.45) is 0 Å². The topological polar surface area (TPSA) is 71.2 Å². The first-order valence-electron chi connectivity index (χ1n) is 8.92. The van der Waals surface area contributed by atoms with E-state index in [9.17, 15) is 9.59 Å². The van der Waals surface area contributed by atoms with Crippen LogP contribution >= 0.6 is 0 Å². The quantitative estimate of drug-likeness (QED) is 0.844. The van der Waals surface area contributed by atoms with Gasteiger partial charge in [-0.3, -0.25) is 9.59 Å². The SMILES string of the molecule is CC[C@@H](NC(=O)c1cc[nH]c(=O)c1)c1ccc(OC2CCCC2)cc1. The van der Waals surface area contributed by atoms with Gasteiger partial charge in [-0.25, -0.2) is 0 Å². The number of hydrogen-bond donors (Lipinski definition) is 2. The highest BCUT2D eigenvalue weighted by atomic mass is 16.5. The summed E-state index contributed by atoms with van der Waals surface area (Å²) in [7, 11) is 0. The molecule has 1 aromatic heterocycles. The van der Waals surface area contributed by atoms with Crippen LogP contribution in [-0.4, -0.2) is 17.0 Å². The number of aromatic nitrogens is 1. The standard InChI is InChI=1S/C20H24N2O3/c1-2-18(22-20(24)15-11-12-21-19(23)13-15)14-7-9-17(10-8-14)25-16-5-3-4-6-16/h7-13,16,18H,2-6H2,1H3,(H,21,23)(H,22,24)/t18-/m1/s1. The van der Waals surface area contributed by atoms with Crippen LogP contribution in [0.3, 0.4) is 0 Å². The number of aromatic amines is 1. The molecule has 0 aliphatic heterocycles. The summed E-state index contributed by atoms with van der Waals surface area (Å²) in [6, 6.07) is 10.7. The van der Waals surface area contributed by atoms with Gasteiger partial charge in [0.25, 0.3) is 5.91 Å². The number of hydrogen-bond acceptors (Lipinski definition) is 3. The van der Waals surface area contributed by atoms with E-state index in [1.165, 1.54) is 25.1 Å². The number of H-pyrrole nitrogens is 1. The lowest BCUT2D eigenvalue weighted by atomic mass is 10.0. The Hall–Kier alpha value is -2.56. The molecule has 2 aromatic rings. The second-order valence-electron chi connectivity index (χ2n) is 6.47. The number of ether oxygens (including phenoxy) is 1. The molecule has 1 atom stereocenters. The molecule has 0 radical (unpaired) electrons. The molecule has 0 saturated heterocycles. The molecule has 1 heterocycles. The maximum absolute atomic E-state index is 12.3. The van der Waals surface area contributed by atoms with Gasteiger partial charge in [-0.2, -0.15) is 0 Å². The maximum atomic E-state index is 12.3. The van der Waals surface area contributed by atoms with Crippen molar-refractivity contribution in [2.75, 3.05) is 0 Å². The summed E-state index contributed by atoms with van der Waals surface area (Å²) < 4.78 is 5.98. The van der Waals surface area contributed by atoms with E-state index >= 15 is 0 Å². The summed E-state index contributed by atoms with van der Waals surface area (Å²) in [6.07, 6.45) is 7.33. The van der Waals surface area contributed by atoms with Crippen LogP contribution in [0.5, 0.6) is 5.75 Å². The number of rotatable bonds is 6. The summed E-state index contributed by atoms with van der Waals surface area (Å²) in [4.78, 5) is 26.2. The van der Waals surface area contributed by atoms with Crippen molar-refractivity contribution in [2.45, 2.75) is 51.2 Å². The van der Waals surface area contributed by atoms with Crippen molar-refractivity contribution in [3.8, 4) is 5.75 Å². The van der Waals surface area contributed by atoms with Crippen LogP contribution in [0.15, 0.2) is 47.4 Å². The van der Waals surface area contributed by atoms with Crippen LogP contribution in [0.1, 0.15) is 61.0 Å². The first-order chi connectivity index (χ1) is 12.2. The Bertz CT molecular complexity index is 761. The molecule has 1 aliphatic rings. The van der Waals surface area contributed by atoms with Gasteiger partial charge in [0.05, 0.1) is 12.1 Å². The van der Waals surface area contributed by atoms with E-state index < -0.39 is 0 Å². The fourth-order valence-corrected chi connectivity index (χ4v) is 3.23. The lowest BCUT2D eigenvalue weighted by Crippen LogP contribution is -2.29. The van der Waals surface area contributed by atoms with Gasteiger partial charge in [-0.05, 0) is 55.9 Å². The molecule has 25 heavy (non-hydrogen) atoms. The van der Waals surface area contributed by atoms with E-state index in [0.717, 1.165) is 30.6 Å². The molecule has 0 bridgehead atoms. The smallest absolute Gasteiger partial charge is 0.252 e. The van der Waals surface area contributed by atoms with Crippen LogP contribution in [-0.2, 0) is 0 Å². The predicted octanol–water partition coefficient (Wildman–Crippen LogP) is 3.58. The Morgan fingerprint density at radius 1 is 1.24 bits per heavy atom. The summed E-state index contributed by atoms with van der Waals surface area (Å²) in [5.74, 6) is 0.635. The molecule has 1 saturated carbocycles. The fourth-order valence-electron chi connectivity index (χ4n) is 3.23.